The fraction of sp³-hybridized carbons (Fsp3) is 0.267. The monoisotopic (exact) mass is 325 g/mol. The maximum Gasteiger partial charge on any atom is 0.309 e. The van der Waals surface area contributed by atoms with E-state index in [0.29, 0.717) is 6.07 Å². The molecule has 1 aliphatic heterocycles. The molecule has 0 amide bonds. The molecule has 0 unspecified atom stereocenters. The van der Waals surface area contributed by atoms with Gasteiger partial charge in [0.2, 0.25) is 0 Å². The van der Waals surface area contributed by atoms with E-state index in [9.17, 15) is 17.6 Å². The molecule has 1 aromatic carbocycles. The predicted octanol–water partition coefficient (Wildman–Crippen LogP) is 3.33. The summed E-state index contributed by atoms with van der Waals surface area (Å²) >= 11 is 0. The van der Waals surface area contributed by atoms with Crippen molar-refractivity contribution in [3.8, 4) is 11.1 Å². The van der Waals surface area contributed by atoms with Gasteiger partial charge in [0, 0.05) is 35.2 Å². The zero-order valence-electron chi connectivity index (χ0n) is 11.9. The lowest BCUT2D eigenvalue weighted by molar-refractivity contribution is -0.114. The minimum atomic E-state index is -3.45. The smallest absolute Gasteiger partial charge is 0.309 e. The van der Waals surface area contributed by atoms with Gasteiger partial charge in [-0.25, -0.2) is 23.7 Å². The van der Waals surface area contributed by atoms with Crippen molar-refractivity contribution in [3.05, 3.63) is 48.1 Å². The van der Waals surface area contributed by atoms with Crippen molar-refractivity contribution in [2.24, 2.45) is 4.99 Å². The van der Waals surface area contributed by atoms with Crippen molar-refractivity contribution in [1.29, 1.82) is 0 Å². The minimum Gasteiger partial charge on any atom is -0.477 e. The molecular formula is C15H11F4N3O. The van der Waals surface area contributed by atoms with Gasteiger partial charge >= 0.3 is 5.92 Å². The number of halogens is 4. The van der Waals surface area contributed by atoms with Crippen molar-refractivity contribution < 1.29 is 22.3 Å². The van der Waals surface area contributed by atoms with E-state index < -0.39 is 35.3 Å². The lowest BCUT2D eigenvalue weighted by Gasteiger charge is -2.36. The Morgan fingerprint density at radius 3 is 2.43 bits per heavy atom. The van der Waals surface area contributed by atoms with Crippen LogP contribution >= 0.6 is 0 Å². The van der Waals surface area contributed by atoms with Crippen LogP contribution in [0.3, 0.4) is 0 Å². The number of alkyl halides is 2. The fourth-order valence-electron chi connectivity index (χ4n) is 2.37. The van der Waals surface area contributed by atoms with Gasteiger partial charge < -0.3 is 4.74 Å². The molecule has 2 heterocycles. The number of hydrogen-bond donors (Lipinski definition) is 0. The first-order valence-corrected chi connectivity index (χ1v) is 6.63. The van der Waals surface area contributed by atoms with Crippen LogP contribution in [-0.4, -0.2) is 28.9 Å². The van der Waals surface area contributed by atoms with Gasteiger partial charge in [-0.1, -0.05) is 0 Å². The molecule has 0 fully saturated rings. The molecule has 0 radical (unpaired) electrons. The molecule has 120 valence electrons. The molecule has 1 aliphatic rings. The van der Waals surface area contributed by atoms with E-state index in [2.05, 4.69) is 19.7 Å². The van der Waals surface area contributed by atoms with Crippen LogP contribution < -0.4 is 0 Å². The van der Waals surface area contributed by atoms with Gasteiger partial charge in [-0.05, 0) is 13.0 Å². The summed E-state index contributed by atoms with van der Waals surface area (Å²) < 4.78 is 61.2. The molecule has 8 heteroatoms. The van der Waals surface area contributed by atoms with Crippen LogP contribution in [0.2, 0.25) is 0 Å². The van der Waals surface area contributed by atoms with Crippen LogP contribution in [0, 0.1) is 11.6 Å². The molecule has 0 aliphatic carbocycles. The zero-order chi connectivity index (χ0) is 16.7. The molecule has 0 saturated heterocycles. The predicted molar refractivity (Wildman–Crippen MR) is 74.1 cm³/mol. The first-order valence-electron chi connectivity index (χ1n) is 6.63. The summed E-state index contributed by atoms with van der Waals surface area (Å²) in [7, 11) is 0. The van der Waals surface area contributed by atoms with E-state index >= 15 is 0 Å². The van der Waals surface area contributed by atoms with E-state index in [0.717, 1.165) is 19.4 Å². The molecule has 0 N–H and O–H groups in total. The van der Waals surface area contributed by atoms with E-state index in [1.807, 2.05) is 0 Å². The first kappa shape index (κ1) is 15.4. The minimum absolute atomic E-state index is 0.0827. The third-order valence-electron chi connectivity index (χ3n) is 3.82. The molecule has 0 bridgehead atoms. The van der Waals surface area contributed by atoms with Crippen LogP contribution in [0.5, 0.6) is 0 Å². The average Bonchev–Trinajstić information content (AvgIpc) is 2.51. The average molecular weight is 325 g/mol. The summed E-state index contributed by atoms with van der Waals surface area (Å²) in [6.07, 6.45) is 4.71. The second-order valence-corrected chi connectivity index (χ2v) is 5.26. The standard InChI is InChI=1S/C15H11F4N3O/c1-14(15(18,19)6-23-8-22-14)11-2-10(12(16)3-13(11)17)9-4-20-7-21-5-9/h2-5,7-8H,6H2,1H3/t14-/m1/s1. The number of ether oxygens (including phenoxy) is 1. The highest BCUT2D eigenvalue weighted by Gasteiger charge is 2.55. The Morgan fingerprint density at radius 1 is 1.09 bits per heavy atom. The summed E-state index contributed by atoms with van der Waals surface area (Å²) in [6.45, 7) is 0.140. The quantitative estimate of drug-likeness (QED) is 0.796. The number of nitrogens with zero attached hydrogens (tertiary/aromatic N) is 3. The van der Waals surface area contributed by atoms with Crippen LogP contribution in [0.4, 0.5) is 17.6 Å². The van der Waals surface area contributed by atoms with E-state index in [-0.39, 0.29) is 11.1 Å². The van der Waals surface area contributed by atoms with Crippen LogP contribution in [0.15, 0.2) is 35.8 Å². The number of rotatable bonds is 2. The van der Waals surface area contributed by atoms with Crippen molar-refractivity contribution in [2.45, 2.75) is 18.4 Å². The number of aliphatic imine (C=N–C) groups is 1. The van der Waals surface area contributed by atoms with Crippen LogP contribution in [0.1, 0.15) is 12.5 Å². The second kappa shape index (κ2) is 5.29. The SMILES string of the molecule is C[C@]1(c2cc(-c3cncnc3)c(F)cc2F)N=COCC1(F)F. The Balaban J connectivity index is 2.21. The third kappa shape index (κ3) is 2.43. The summed E-state index contributed by atoms with van der Waals surface area (Å²) in [5.74, 6) is -5.46. The van der Waals surface area contributed by atoms with Gasteiger partial charge in [-0.2, -0.15) is 8.78 Å². The van der Waals surface area contributed by atoms with Gasteiger partial charge in [0.05, 0.1) is 0 Å². The normalized spacial score (nSPS) is 22.7. The lowest BCUT2D eigenvalue weighted by Crippen LogP contribution is -2.48. The number of benzene rings is 1. The van der Waals surface area contributed by atoms with E-state index in [1.165, 1.54) is 18.7 Å². The zero-order valence-corrected chi connectivity index (χ0v) is 11.9. The van der Waals surface area contributed by atoms with Crippen molar-refractivity contribution in [2.75, 3.05) is 6.61 Å². The van der Waals surface area contributed by atoms with Gasteiger partial charge in [-0.3, -0.25) is 0 Å². The number of hydrogen-bond acceptors (Lipinski definition) is 4. The molecule has 1 atom stereocenters. The highest BCUT2D eigenvalue weighted by molar-refractivity contribution is 5.64. The maximum atomic E-state index is 14.2. The summed E-state index contributed by atoms with van der Waals surface area (Å²) in [5.41, 5.74) is -2.47. The largest absolute Gasteiger partial charge is 0.477 e. The second-order valence-electron chi connectivity index (χ2n) is 5.26. The maximum absolute atomic E-state index is 14.2. The molecule has 23 heavy (non-hydrogen) atoms. The van der Waals surface area contributed by atoms with E-state index in [4.69, 9.17) is 0 Å². The molecule has 3 rings (SSSR count). The Kier molecular flexibility index (Phi) is 3.54. The Labute approximate surface area is 128 Å². The molecule has 1 aromatic heterocycles. The lowest BCUT2D eigenvalue weighted by atomic mass is 9.84. The van der Waals surface area contributed by atoms with Crippen molar-refractivity contribution in [1.82, 2.24) is 9.97 Å². The van der Waals surface area contributed by atoms with Gasteiger partial charge in [0.1, 0.15) is 18.0 Å². The Morgan fingerprint density at radius 2 is 1.78 bits per heavy atom. The molecule has 0 saturated carbocycles. The Bertz CT molecular complexity index is 767. The van der Waals surface area contributed by atoms with Crippen LogP contribution in [0.25, 0.3) is 11.1 Å². The fourth-order valence-corrected chi connectivity index (χ4v) is 2.37. The summed E-state index contributed by atoms with van der Waals surface area (Å²) in [6, 6.07) is 1.57. The molecular weight excluding hydrogens is 314 g/mol. The van der Waals surface area contributed by atoms with E-state index in [1.54, 1.807) is 0 Å². The van der Waals surface area contributed by atoms with Crippen molar-refractivity contribution >= 4 is 6.40 Å². The van der Waals surface area contributed by atoms with Gasteiger partial charge in [-0.15, -0.1) is 0 Å². The Hall–Kier alpha value is -2.51. The van der Waals surface area contributed by atoms with Crippen LogP contribution in [-0.2, 0) is 10.3 Å². The molecule has 4 nitrogen and oxygen atoms in total. The molecule has 0 spiro atoms. The topological polar surface area (TPSA) is 47.4 Å². The van der Waals surface area contributed by atoms with Gasteiger partial charge in [0.15, 0.2) is 18.5 Å². The first-order chi connectivity index (χ1) is 10.8. The molecule has 2 aromatic rings. The summed E-state index contributed by atoms with van der Waals surface area (Å²) in [4.78, 5) is 11.1. The summed E-state index contributed by atoms with van der Waals surface area (Å²) in [5, 5.41) is 0. The number of aromatic nitrogens is 2. The third-order valence-corrected chi connectivity index (χ3v) is 3.82. The van der Waals surface area contributed by atoms with Crippen molar-refractivity contribution in [3.63, 3.8) is 0 Å². The van der Waals surface area contributed by atoms with Gasteiger partial charge in [0.25, 0.3) is 0 Å². The highest BCUT2D eigenvalue weighted by atomic mass is 19.3. The highest BCUT2D eigenvalue weighted by Crippen LogP contribution is 2.45.